The fourth-order valence-electron chi connectivity index (χ4n) is 3.42. The minimum absolute atomic E-state index is 0.377. The van der Waals surface area contributed by atoms with Gasteiger partial charge >= 0.3 is 5.97 Å². The summed E-state index contributed by atoms with van der Waals surface area (Å²) < 4.78 is 4.58. The highest BCUT2D eigenvalue weighted by Gasteiger charge is 2.73. The van der Waals surface area contributed by atoms with Gasteiger partial charge in [0.2, 0.25) is 0 Å². The van der Waals surface area contributed by atoms with Crippen molar-refractivity contribution in [2.75, 3.05) is 7.11 Å². The molecular formula is C17H20N2O6S. The maximum atomic E-state index is 12.7. The fraction of sp³-hybridized carbons (Fsp3) is 0.471. The molecule has 2 aliphatic rings. The van der Waals surface area contributed by atoms with Crippen molar-refractivity contribution in [3.8, 4) is 0 Å². The number of carbonyl (C=O) groups is 3. The maximum absolute atomic E-state index is 12.7. The van der Waals surface area contributed by atoms with Crippen LogP contribution in [-0.2, 0) is 19.1 Å². The average Bonchev–Trinajstić information content (AvgIpc) is 2.88. The summed E-state index contributed by atoms with van der Waals surface area (Å²) in [4.78, 5) is 38.0. The number of ether oxygens (including phenoxy) is 1. The Balaban J connectivity index is 1.84. The van der Waals surface area contributed by atoms with Crippen LogP contribution >= 0.6 is 11.8 Å². The summed E-state index contributed by atoms with van der Waals surface area (Å²) in [6.07, 6.45) is -1.47. The molecule has 1 unspecified atom stereocenters. The lowest BCUT2D eigenvalue weighted by Crippen LogP contribution is -2.80. The van der Waals surface area contributed by atoms with Crippen LogP contribution in [0.25, 0.3) is 0 Å². The van der Waals surface area contributed by atoms with Crippen molar-refractivity contribution >= 4 is 29.5 Å². The van der Waals surface area contributed by atoms with Crippen LogP contribution in [0.5, 0.6) is 0 Å². The highest BCUT2D eigenvalue weighted by atomic mass is 32.2. The number of thioether (sulfide) groups is 1. The highest BCUT2D eigenvalue weighted by molar-refractivity contribution is 8.01. The Morgan fingerprint density at radius 2 is 1.92 bits per heavy atom. The minimum Gasteiger partial charge on any atom is -0.480 e. The molecule has 8 nitrogen and oxygen atoms in total. The molecule has 1 aromatic carbocycles. The van der Waals surface area contributed by atoms with Gasteiger partial charge in [0.1, 0.15) is 11.4 Å². The number of benzene rings is 1. The van der Waals surface area contributed by atoms with Gasteiger partial charge in [-0.2, -0.15) is 0 Å². The zero-order valence-electron chi connectivity index (χ0n) is 14.5. The average molecular weight is 380 g/mol. The number of β-lactam (4-membered cyclic amide) rings is 1. The van der Waals surface area contributed by atoms with Gasteiger partial charge in [-0.25, -0.2) is 4.79 Å². The first-order chi connectivity index (χ1) is 12.2. The molecule has 2 amide bonds. The Bertz CT molecular complexity index is 755. The number of aliphatic hydroxyl groups excluding tert-OH is 1. The number of aliphatic carboxylic acids is 1. The number of nitrogens with one attached hydrogen (secondary N) is 1. The highest BCUT2D eigenvalue weighted by Crippen LogP contribution is 2.55. The molecule has 140 valence electrons. The van der Waals surface area contributed by atoms with Gasteiger partial charge in [-0.1, -0.05) is 30.3 Å². The first-order valence-electron chi connectivity index (χ1n) is 7.99. The molecule has 3 N–H and O–H groups in total. The van der Waals surface area contributed by atoms with Crippen molar-refractivity contribution in [2.45, 2.75) is 41.8 Å². The van der Waals surface area contributed by atoms with Crippen LogP contribution in [0.15, 0.2) is 30.3 Å². The first kappa shape index (κ1) is 18.7. The largest absolute Gasteiger partial charge is 0.480 e. The Hall–Kier alpha value is -2.10. The van der Waals surface area contributed by atoms with Crippen LogP contribution in [-0.4, -0.2) is 61.9 Å². The first-order valence-corrected chi connectivity index (χ1v) is 8.87. The molecule has 2 saturated heterocycles. The Morgan fingerprint density at radius 3 is 2.46 bits per heavy atom. The maximum Gasteiger partial charge on any atom is 0.327 e. The van der Waals surface area contributed by atoms with Crippen LogP contribution < -0.4 is 5.32 Å². The summed E-state index contributed by atoms with van der Waals surface area (Å²) in [5.41, 5.74) is -1.32. The van der Waals surface area contributed by atoms with E-state index >= 15 is 0 Å². The lowest BCUT2D eigenvalue weighted by molar-refractivity contribution is -0.202. The number of carboxylic acids is 1. The van der Waals surface area contributed by atoms with Crippen molar-refractivity contribution in [3.63, 3.8) is 0 Å². The van der Waals surface area contributed by atoms with Crippen molar-refractivity contribution in [1.82, 2.24) is 10.2 Å². The summed E-state index contributed by atoms with van der Waals surface area (Å²) in [5.74, 6) is -2.54. The molecule has 0 aromatic heterocycles. The topological polar surface area (TPSA) is 116 Å². The molecule has 3 rings (SSSR count). The summed E-state index contributed by atoms with van der Waals surface area (Å²) >= 11 is 1.24. The minimum atomic E-state index is -1.70. The number of carbonyl (C=O) groups excluding carboxylic acids is 2. The van der Waals surface area contributed by atoms with Gasteiger partial charge < -0.3 is 25.2 Å². The standard InChI is InChI=1S/C17H20N2O6S/c1-16(2)11(13(22)23)19-14(24)17(25-3,15(19)26-16)18-12(21)10(20)9-7-5-4-6-8-9/h4-8,10-11,15,20H,1-3H3,(H,18,21)(H,22,23)/t10?,11-,15+,17+/m0/s1. The number of fused-ring (bicyclic) bond motifs is 1. The van der Waals surface area contributed by atoms with E-state index in [9.17, 15) is 24.6 Å². The van der Waals surface area contributed by atoms with Crippen LogP contribution in [0, 0.1) is 0 Å². The van der Waals surface area contributed by atoms with E-state index in [0.29, 0.717) is 5.56 Å². The third-order valence-electron chi connectivity index (χ3n) is 4.73. The van der Waals surface area contributed by atoms with Crippen molar-refractivity contribution in [2.24, 2.45) is 0 Å². The SMILES string of the molecule is CO[C@]1(NC(=O)C(O)c2ccccc2)C(=O)N2[C@@H](C(=O)O)C(C)(C)S[C@@H]21. The Morgan fingerprint density at radius 1 is 1.31 bits per heavy atom. The summed E-state index contributed by atoms with van der Waals surface area (Å²) in [5, 5.41) is 21.5. The molecule has 9 heteroatoms. The molecule has 26 heavy (non-hydrogen) atoms. The lowest BCUT2D eigenvalue weighted by Gasteiger charge is -2.51. The van der Waals surface area contributed by atoms with Crippen LogP contribution in [0.4, 0.5) is 0 Å². The summed E-state index contributed by atoms with van der Waals surface area (Å²) in [6.45, 7) is 3.45. The molecular weight excluding hydrogens is 360 g/mol. The molecule has 0 radical (unpaired) electrons. The number of amides is 2. The second-order valence-electron chi connectivity index (χ2n) is 6.77. The lowest BCUT2D eigenvalue weighted by atomic mass is 9.93. The molecule has 4 atom stereocenters. The molecule has 2 aliphatic heterocycles. The number of hydrogen-bond acceptors (Lipinski definition) is 6. The normalized spacial score (nSPS) is 30.3. The van der Waals surface area contributed by atoms with Gasteiger partial charge in [0.25, 0.3) is 17.5 Å². The van der Waals surface area contributed by atoms with E-state index in [2.05, 4.69) is 5.32 Å². The van der Waals surface area contributed by atoms with Gasteiger partial charge in [-0.05, 0) is 19.4 Å². The van der Waals surface area contributed by atoms with Crippen LogP contribution in [0.2, 0.25) is 0 Å². The summed E-state index contributed by atoms with van der Waals surface area (Å²) in [7, 11) is 1.27. The van der Waals surface area contributed by atoms with Crippen LogP contribution in [0.3, 0.4) is 0 Å². The van der Waals surface area contributed by atoms with Gasteiger partial charge in [-0.15, -0.1) is 11.8 Å². The third kappa shape index (κ3) is 2.58. The molecule has 0 aliphatic carbocycles. The van der Waals surface area contributed by atoms with E-state index in [-0.39, 0.29) is 0 Å². The Kier molecular flexibility index (Phi) is 4.50. The predicted octanol–water partition coefficient (Wildman–Crippen LogP) is 0.326. The number of nitrogens with zero attached hydrogens (tertiary/aromatic N) is 1. The van der Waals surface area contributed by atoms with Crippen molar-refractivity contribution in [1.29, 1.82) is 0 Å². The van der Waals surface area contributed by atoms with Gasteiger partial charge in [0, 0.05) is 11.9 Å². The van der Waals surface area contributed by atoms with Crippen molar-refractivity contribution in [3.05, 3.63) is 35.9 Å². The fourth-order valence-corrected chi connectivity index (χ4v) is 5.09. The predicted molar refractivity (Wildman–Crippen MR) is 93.0 cm³/mol. The molecule has 0 saturated carbocycles. The zero-order valence-corrected chi connectivity index (χ0v) is 15.3. The van der Waals surface area contributed by atoms with E-state index in [1.54, 1.807) is 44.2 Å². The van der Waals surface area contributed by atoms with Crippen LogP contribution in [0.1, 0.15) is 25.5 Å². The smallest absolute Gasteiger partial charge is 0.327 e. The molecule has 0 bridgehead atoms. The number of aliphatic hydroxyl groups is 1. The van der Waals surface area contributed by atoms with Gasteiger partial charge in [0.15, 0.2) is 6.10 Å². The molecule has 2 heterocycles. The Labute approximate surface area is 154 Å². The molecule has 2 fully saturated rings. The second kappa shape index (κ2) is 6.26. The van der Waals surface area contributed by atoms with E-state index < -0.39 is 45.8 Å². The van der Waals surface area contributed by atoms with E-state index in [1.807, 2.05) is 0 Å². The summed E-state index contributed by atoms with van der Waals surface area (Å²) in [6, 6.07) is 7.27. The zero-order chi connectivity index (χ0) is 19.3. The molecule has 1 aromatic rings. The molecule has 0 spiro atoms. The monoisotopic (exact) mass is 380 g/mol. The number of hydrogen-bond donors (Lipinski definition) is 3. The van der Waals surface area contributed by atoms with E-state index in [0.717, 1.165) is 0 Å². The quantitative estimate of drug-likeness (QED) is 0.498. The number of methoxy groups -OCH3 is 1. The van der Waals surface area contributed by atoms with Gasteiger partial charge in [0.05, 0.1) is 0 Å². The van der Waals surface area contributed by atoms with E-state index in [1.165, 1.54) is 23.8 Å². The van der Waals surface area contributed by atoms with E-state index in [4.69, 9.17) is 4.74 Å². The number of rotatable bonds is 5. The second-order valence-corrected chi connectivity index (χ2v) is 8.50. The number of carboxylic acid groups (broad SMARTS) is 1. The van der Waals surface area contributed by atoms with Crippen molar-refractivity contribution < 1.29 is 29.3 Å². The third-order valence-corrected chi connectivity index (χ3v) is 6.35. The van der Waals surface area contributed by atoms with Gasteiger partial charge in [-0.3, -0.25) is 9.59 Å².